The van der Waals surface area contributed by atoms with Crippen molar-refractivity contribution >= 4 is 17.8 Å². The van der Waals surface area contributed by atoms with Gasteiger partial charge in [0.15, 0.2) is 0 Å². The molecule has 0 fully saturated rings. The lowest BCUT2D eigenvalue weighted by Crippen LogP contribution is -1.88. The van der Waals surface area contributed by atoms with Crippen molar-refractivity contribution < 1.29 is 5.21 Å². The molecule has 1 N–H and O–H groups in total. The zero-order chi connectivity index (χ0) is 7.40. The lowest BCUT2D eigenvalue weighted by atomic mass is 10.5. The molecule has 1 rings (SSSR count). The molecule has 0 saturated carbocycles. The Kier molecular flexibility index (Phi) is 2.17. The van der Waals surface area contributed by atoms with E-state index in [1.807, 2.05) is 0 Å². The number of hydrogen-bond acceptors (Lipinski definition) is 4. The van der Waals surface area contributed by atoms with Crippen LogP contribution in [0.2, 0.25) is 5.15 Å². The summed E-state index contributed by atoms with van der Waals surface area (Å²) in [5.74, 6) is 0. The summed E-state index contributed by atoms with van der Waals surface area (Å²) in [4.78, 5) is 7.46. The fourth-order valence-electron chi connectivity index (χ4n) is 0.478. The Morgan fingerprint density at radius 2 is 2.40 bits per heavy atom. The fraction of sp³-hybridized carbons (Fsp3) is 0. The van der Waals surface area contributed by atoms with Crippen molar-refractivity contribution in [2.45, 2.75) is 0 Å². The average Bonchev–Trinajstić information content (AvgIpc) is 1.88. The molecule has 0 aliphatic carbocycles. The van der Waals surface area contributed by atoms with Crippen LogP contribution in [0.1, 0.15) is 5.69 Å². The van der Waals surface area contributed by atoms with Crippen LogP contribution in [0.4, 0.5) is 0 Å². The van der Waals surface area contributed by atoms with E-state index in [-0.39, 0.29) is 5.15 Å². The molecule has 52 valence electrons. The van der Waals surface area contributed by atoms with Crippen LogP contribution in [0.15, 0.2) is 17.5 Å². The highest BCUT2D eigenvalue weighted by molar-refractivity contribution is 6.29. The third kappa shape index (κ3) is 1.66. The first-order valence-electron chi connectivity index (χ1n) is 2.48. The number of oxime groups is 1. The predicted octanol–water partition coefficient (Wildman–Crippen LogP) is 0.938. The Hall–Kier alpha value is -1.16. The van der Waals surface area contributed by atoms with Gasteiger partial charge in [-0.25, -0.2) is 4.98 Å². The van der Waals surface area contributed by atoms with Crippen molar-refractivity contribution in [2.75, 3.05) is 0 Å². The second kappa shape index (κ2) is 3.12. The molecule has 1 heterocycles. The predicted molar refractivity (Wildman–Crippen MR) is 36.4 cm³/mol. The summed E-state index contributed by atoms with van der Waals surface area (Å²) < 4.78 is 0. The Morgan fingerprint density at radius 3 is 3.00 bits per heavy atom. The minimum atomic E-state index is 0.275. The van der Waals surface area contributed by atoms with Crippen molar-refractivity contribution in [1.82, 2.24) is 9.97 Å². The van der Waals surface area contributed by atoms with E-state index in [4.69, 9.17) is 16.8 Å². The number of rotatable bonds is 1. The standard InChI is InChI=1S/C5H4ClN3O/c6-5-3-7-1-4(9-5)2-8-10/h1-3,10H/b8-2+. The van der Waals surface area contributed by atoms with Crippen molar-refractivity contribution in [3.63, 3.8) is 0 Å². The number of nitrogens with zero attached hydrogens (tertiary/aromatic N) is 3. The van der Waals surface area contributed by atoms with Crippen LogP contribution >= 0.6 is 11.6 Å². The van der Waals surface area contributed by atoms with Crippen LogP contribution in [0.5, 0.6) is 0 Å². The zero-order valence-corrected chi connectivity index (χ0v) is 5.65. The summed E-state index contributed by atoms with van der Waals surface area (Å²) in [6, 6.07) is 0. The lowest BCUT2D eigenvalue weighted by molar-refractivity contribution is 0.321. The van der Waals surface area contributed by atoms with Crippen LogP contribution < -0.4 is 0 Å². The minimum Gasteiger partial charge on any atom is -0.411 e. The molecule has 0 aliphatic heterocycles. The SMILES string of the molecule is O/N=C/c1cncc(Cl)n1. The first-order valence-corrected chi connectivity index (χ1v) is 2.85. The highest BCUT2D eigenvalue weighted by Gasteiger charge is 1.90. The quantitative estimate of drug-likeness (QED) is 0.375. The van der Waals surface area contributed by atoms with Gasteiger partial charge in [-0.3, -0.25) is 4.98 Å². The van der Waals surface area contributed by atoms with Crippen molar-refractivity contribution in [2.24, 2.45) is 5.16 Å². The van der Waals surface area contributed by atoms with Gasteiger partial charge in [0, 0.05) is 0 Å². The van der Waals surface area contributed by atoms with Gasteiger partial charge in [0.2, 0.25) is 0 Å². The van der Waals surface area contributed by atoms with Crippen LogP contribution in [-0.2, 0) is 0 Å². The molecular weight excluding hydrogens is 154 g/mol. The van der Waals surface area contributed by atoms with Gasteiger partial charge >= 0.3 is 0 Å². The lowest BCUT2D eigenvalue weighted by Gasteiger charge is -1.88. The number of hydrogen-bond donors (Lipinski definition) is 1. The molecule has 0 radical (unpaired) electrons. The van der Waals surface area contributed by atoms with E-state index < -0.39 is 0 Å². The molecule has 0 spiro atoms. The number of halogens is 1. The summed E-state index contributed by atoms with van der Waals surface area (Å²) in [6.07, 6.45) is 3.99. The third-order valence-corrected chi connectivity index (χ3v) is 0.996. The van der Waals surface area contributed by atoms with Crippen LogP contribution in [-0.4, -0.2) is 21.4 Å². The summed E-state index contributed by atoms with van der Waals surface area (Å²) in [6.45, 7) is 0. The molecule has 0 aromatic carbocycles. The van der Waals surface area contributed by atoms with Gasteiger partial charge in [0.05, 0.1) is 18.6 Å². The summed E-state index contributed by atoms with van der Waals surface area (Å²) >= 11 is 5.46. The molecule has 4 nitrogen and oxygen atoms in total. The zero-order valence-electron chi connectivity index (χ0n) is 4.90. The monoisotopic (exact) mass is 157 g/mol. The number of aromatic nitrogens is 2. The Bertz CT molecular complexity index is 250. The van der Waals surface area contributed by atoms with Crippen molar-refractivity contribution in [3.8, 4) is 0 Å². The van der Waals surface area contributed by atoms with E-state index in [0.29, 0.717) is 5.69 Å². The van der Waals surface area contributed by atoms with Gasteiger partial charge in [-0.15, -0.1) is 0 Å². The molecule has 0 bridgehead atoms. The second-order valence-corrected chi connectivity index (χ2v) is 1.90. The fourth-order valence-corrected chi connectivity index (χ4v) is 0.631. The molecule has 0 aliphatic rings. The largest absolute Gasteiger partial charge is 0.411 e. The molecule has 10 heavy (non-hydrogen) atoms. The Balaban J connectivity index is 2.95. The Labute approximate surface area is 62.2 Å². The topological polar surface area (TPSA) is 58.4 Å². The highest BCUT2D eigenvalue weighted by atomic mass is 35.5. The van der Waals surface area contributed by atoms with E-state index in [1.54, 1.807) is 0 Å². The van der Waals surface area contributed by atoms with Gasteiger partial charge in [-0.05, 0) is 0 Å². The molecule has 5 heteroatoms. The van der Waals surface area contributed by atoms with Crippen LogP contribution in [0.3, 0.4) is 0 Å². The first-order chi connectivity index (χ1) is 4.83. The molecule has 1 aromatic rings. The van der Waals surface area contributed by atoms with Crippen molar-refractivity contribution in [3.05, 3.63) is 23.2 Å². The highest BCUT2D eigenvalue weighted by Crippen LogP contribution is 1.99. The Morgan fingerprint density at radius 1 is 1.60 bits per heavy atom. The van der Waals surface area contributed by atoms with Gasteiger partial charge in [-0.1, -0.05) is 16.8 Å². The van der Waals surface area contributed by atoms with E-state index >= 15 is 0 Å². The first kappa shape index (κ1) is 6.95. The summed E-state index contributed by atoms with van der Waals surface area (Å²) in [5.41, 5.74) is 0.426. The molecule has 0 saturated heterocycles. The smallest absolute Gasteiger partial charge is 0.148 e. The van der Waals surface area contributed by atoms with Gasteiger partial charge in [0.25, 0.3) is 0 Å². The molecule has 0 atom stereocenters. The van der Waals surface area contributed by atoms with Crippen molar-refractivity contribution in [1.29, 1.82) is 0 Å². The van der Waals surface area contributed by atoms with Gasteiger partial charge in [-0.2, -0.15) is 0 Å². The normalized spacial score (nSPS) is 10.5. The maximum absolute atomic E-state index is 8.07. The van der Waals surface area contributed by atoms with Crippen LogP contribution in [0.25, 0.3) is 0 Å². The van der Waals surface area contributed by atoms with E-state index in [2.05, 4.69) is 15.1 Å². The summed E-state index contributed by atoms with van der Waals surface area (Å²) in [7, 11) is 0. The van der Waals surface area contributed by atoms with Crippen LogP contribution in [0, 0.1) is 0 Å². The molecular formula is C5H4ClN3O. The molecule has 0 unspecified atom stereocenters. The molecule has 1 aromatic heterocycles. The van der Waals surface area contributed by atoms with E-state index in [9.17, 15) is 0 Å². The average molecular weight is 158 g/mol. The molecule has 0 amide bonds. The van der Waals surface area contributed by atoms with E-state index in [0.717, 1.165) is 6.21 Å². The minimum absolute atomic E-state index is 0.275. The maximum atomic E-state index is 8.07. The van der Waals surface area contributed by atoms with Gasteiger partial charge in [0.1, 0.15) is 10.8 Å². The third-order valence-electron chi connectivity index (χ3n) is 0.814. The van der Waals surface area contributed by atoms with Gasteiger partial charge < -0.3 is 5.21 Å². The maximum Gasteiger partial charge on any atom is 0.148 e. The summed E-state index contributed by atoms with van der Waals surface area (Å²) in [5, 5.41) is 11.1. The van der Waals surface area contributed by atoms with E-state index in [1.165, 1.54) is 12.4 Å². The second-order valence-electron chi connectivity index (χ2n) is 1.51.